The molecule has 1 aliphatic rings. The molecular weight excluding hydrogens is 198 g/mol. The van der Waals surface area contributed by atoms with Crippen molar-refractivity contribution in [2.45, 2.75) is 25.7 Å². The van der Waals surface area contributed by atoms with Crippen LogP contribution in [0.3, 0.4) is 0 Å². The molecule has 1 amide bonds. The first-order chi connectivity index (χ1) is 7.20. The van der Waals surface area contributed by atoms with Gasteiger partial charge in [0, 0.05) is 32.1 Å². The normalized spacial score (nSPS) is 17.3. The minimum Gasteiger partial charge on any atom is -0.481 e. The zero-order valence-corrected chi connectivity index (χ0v) is 8.70. The van der Waals surface area contributed by atoms with Crippen LogP contribution in [0, 0.1) is 5.92 Å². The molecule has 1 aliphatic heterocycles. The third-order valence-corrected chi connectivity index (χ3v) is 2.46. The number of amides is 1. The summed E-state index contributed by atoms with van der Waals surface area (Å²) in [5.41, 5.74) is 0. The molecule has 0 bridgehead atoms. The molecule has 0 aromatic rings. The van der Waals surface area contributed by atoms with Gasteiger partial charge in [-0.1, -0.05) is 0 Å². The molecule has 1 saturated heterocycles. The predicted octanol–water partition coefficient (Wildman–Crippen LogP) is 0.394. The summed E-state index contributed by atoms with van der Waals surface area (Å²) in [6.07, 6.45) is 2.13. The van der Waals surface area contributed by atoms with Gasteiger partial charge in [0.25, 0.3) is 0 Å². The molecule has 0 aromatic heterocycles. The Hall–Kier alpha value is -1.10. The zero-order chi connectivity index (χ0) is 11.1. The lowest BCUT2D eigenvalue weighted by atomic mass is 9.99. The lowest BCUT2D eigenvalue weighted by Crippen LogP contribution is -2.34. The highest BCUT2D eigenvalue weighted by molar-refractivity contribution is 5.78. The second-order valence-corrected chi connectivity index (χ2v) is 3.67. The first-order valence-electron chi connectivity index (χ1n) is 5.27. The summed E-state index contributed by atoms with van der Waals surface area (Å²) in [6, 6.07) is 0. The van der Waals surface area contributed by atoms with E-state index in [-0.39, 0.29) is 18.2 Å². The molecule has 0 unspecified atom stereocenters. The van der Waals surface area contributed by atoms with Crippen LogP contribution in [0.15, 0.2) is 0 Å². The van der Waals surface area contributed by atoms with Crippen LogP contribution in [0.5, 0.6) is 0 Å². The van der Waals surface area contributed by atoms with E-state index in [0.29, 0.717) is 26.2 Å². The summed E-state index contributed by atoms with van der Waals surface area (Å²) >= 11 is 0. The lowest BCUT2D eigenvalue weighted by Gasteiger charge is -2.21. The molecule has 5 heteroatoms. The van der Waals surface area contributed by atoms with E-state index in [2.05, 4.69) is 5.32 Å². The highest BCUT2D eigenvalue weighted by Gasteiger charge is 2.20. The van der Waals surface area contributed by atoms with Gasteiger partial charge < -0.3 is 15.2 Å². The van der Waals surface area contributed by atoms with E-state index in [1.165, 1.54) is 0 Å². The molecule has 86 valence electrons. The molecule has 15 heavy (non-hydrogen) atoms. The van der Waals surface area contributed by atoms with Crippen LogP contribution in [0.4, 0.5) is 0 Å². The quantitative estimate of drug-likeness (QED) is 0.651. The van der Waals surface area contributed by atoms with E-state index in [1.54, 1.807) is 0 Å². The number of carbonyl (C=O) groups is 2. The van der Waals surface area contributed by atoms with E-state index >= 15 is 0 Å². The van der Waals surface area contributed by atoms with Gasteiger partial charge in [0.2, 0.25) is 5.91 Å². The molecule has 1 rings (SSSR count). The van der Waals surface area contributed by atoms with Crippen LogP contribution in [0.1, 0.15) is 25.7 Å². The van der Waals surface area contributed by atoms with Crippen molar-refractivity contribution in [3.8, 4) is 0 Å². The number of carboxylic acid groups (broad SMARTS) is 1. The van der Waals surface area contributed by atoms with Gasteiger partial charge in [-0.05, 0) is 19.3 Å². The van der Waals surface area contributed by atoms with Crippen molar-refractivity contribution in [1.82, 2.24) is 5.32 Å². The minimum atomic E-state index is -0.824. The molecule has 0 aromatic carbocycles. The molecule has 0 radical (unpaired) electrons. The van der Waals surface area contributed by atoms with E-state index in [4.69, 9.17) is 9.84 Å². The summed E-state index contributed by atoms with van der Waals surface area (Å²) in [5.74, 6) is -0.748. The summed E-state index contributed by atoms with van der Waals surface area (Å²) in [6.45, 7) is 1.74. The van der Waals surface area contributed by atoms with Crippen LogP contribution in [0.2, 0.25) is 0 Å². The van der Waals surface area contributed by atoms with Gasteiger partial charge >= 0.3 is 5.97 Å². The van der Waals surface area contributed by atoms with Crippen LogP contribution < -0.4 is 5.32 Å². The van der Waals surface area contributed by atoms with Gasteiger partial charge in [-0.2, -0.15) is 0 Å². The second kappa shape index (κ2) is 6.40. The standard InChI is InChI=1S/C10H17NO4/c12-9(13)2-1-5-11-10(14)8-3-6-15-7-4-8/h8H,1-7H2,(H,11,14)(H,12,13). The fourth-order valence-electron chi connectivity index (χ4n) is 1.56. The molecule has 2 N–H and O–H groups in total. The number of aliphatic carboxylic acids is 1. The Kier molecular flexibility index (Phi) is 5.10. The Balaban J connectivity index is 2.09. The van der Waals surface area contributed by atoms with Crippen molar-refractivity contribution in [3.63, 3.8) is 0 Å². The van der Waals surface area contributed by atoms with E-state index in [0.717, 1.165) is 12.8 Å². The molecule has 0 saturated carbocycles. The summed E-state index contributed by atoms with van der Waals surface area (Å²) < 4.78 is 5.15. The second-order valence-electron chi connectivity index (χ2n) is 3.67. The third kappa shape index (κ3) is 4.78. The zero-order valence-electron chi connectivity index (χ0n) is 8.70. The monoisotopic (exact) mass is 215 g/mol. The molecule has 0 spiro atoms. The van der Waals surface area contributed by atoms with Crippen LogP contribution >= 0.6 is 0 Å². The molecule has 1 heterocycles. The number of hydrogen-bond donors (Lipinski definition) is 2. The van der Waals surface area contributed by atoms with E-state index < -0.39 is 5.97 Å². The van der Waals surface area contributed by atoms with E-state index in [1.807, 2.05) is 0 Å². The average molecular weight is 215 g/mol. The van der Waals surface area contributed by atoms with Crippen molar-refractivity contribution in [3.05, 3.63) is 0 Å². The summed E-state index contributed by atoms with van der Waals surface area (Å²) in [7, 11) is 0. The fourth-order valence-corrected chi connectivity index (χ4v) is 1.56. The van der Waals surface area contributed by atoms with Crippen LogP contribution in [-0.4, -0.2) is 36.7 Å². The number of carbonyl (C=O) groups excluding carboxylic acids is 1. The number of carboxylic acids is 1. The number of hydrogen-bond acceptors (Lipinski definition) is 3. The van der Waals surface area contributed by atoms with Gasteiger partial charge in [0.15, 0.2) is 0 Å². The van der Waals surface area contributed by atoms with Crippen LogP contribution in [-0.2, 0) is 14.3 Å². The first kappa shape index (κ1) is 12.0. The number of rotatable bonds is 5. The average Bonchev–Trinajstić information content (AvgIpc) is 2.25. The lowest BCUT2D eigenvalue weighted by molar-refractivity contribution is -0.137. The smallest absolute Gasteiger partial charge is 0.303 e. The van der Waals surface area contributed by atoms with Gasteiger partial charge in [-0.15, -0.1) is 0 Å². The first-order valence-corrected chi connectivity index (χ1v) is 5.27. The molecule has 5 nitrogen and oxygen atoms in total. The summed E-state index contributed by atoms with van der Waals surface area (Å²) in [5, 5.41) is 11.1. The fraction of sp³-hybridized carbons (Fsp3) is 0.800. The van der Waals surface area contributed by atoms with Crippen molar-refractivity contribution in [2.75, 3.05) is 19.8 Å². The SMILES string of the molecule is O=C(O)CCCNC(=O)C1CCOCC1. The number of ether oxygens (including phenoxy) is 1. The largest absolute Gasteiger partial charge is 0.481 e. The van der Waals surface area contributed by atoms with Crippen molar-refractivity contribution >= 4 is 11.9 Å². The van der Waals surface area contributed by atoms with Gasteiger partial charge in [-0.25, -0.2) is 0 Å². The maximum Gasteiger partial charge on any atom is 0.303 e. The Morgan fingerprint density at radius 2 is 2.00 bits per heavy atom. The highest BCUT2D eigenvalue weighted by Crippen LogP contribution is 2.14. The van der Waals surface area contributed by atoms with Gasteiger partial charge in [0.05, 0.1) is 0 Å². The Morgan fingerprint density at radius 1 is 1.33 bits per heavy atom. The minimum absolute atomic E-state index is 0.0312. The van der Waals surface area contributed by atoms with Gasteiger partial charge in [-0.3, -0.25) is 9.59 Å². The molecule has 0 atom stereocenters. The maximum absolute atomic E-state index is 11.5. The van der Waals surface area contributed by atoms with Crippen LogP contribution in [0.25, 0.3) is 0 Å². The van der Waals surface area contributed by atoms with Crippen molar-refractivity contribution in [1.29, 1.82) is 0 Å². The molecule has 1 fully saturated rings. The highest BCUT2D eigenvalue weighted by atomic mass is 16.5. The van der Waals surface area contributed by atoms with E-state index in [9.17, 15) is 9.59 Å². The van der Waals surface area contributed by atoms with Gasteiger partial charge in [0.1, 0.15) is 0 Å². The summed E-state index contributed by atoms with van der Waals surface area (Å²) in [4.78, 5) is 21.7. The Morgan fingerprint density at radius 3 is 2.60 bits per heavy atom. The molecular formula is C10H17NO4. The number of nitrogens with one attached hydrogen (secondary N) is 1. The predicted molar refractivity (Wildman–Crippen MR) is 53.4 cm³/mol. The topological polar surface area (TPSA) is 75.6 Å². The maximum atomic E-state index is 11.5. The van der Waals surface area contributed by atoms with Crippen molar-refractivity contribution < 1.29 is 19.4 Å². The third-order valence-electron chi connectivity index (χ3n) is 2.46. The molecule has 0 aliphatic carbocycles. The Bertz CT molecular complexity index is 223. The Labute approximate surface area is 88.8 Å². The van der Waals surface area contributed by atoms with Crippen molar-refractivity contribution in [2.24, 2.45) is 5.92 Å².